The van der Waals surface area contributed by atoms with Crippen LogP contribution < -0.4 is 14.2 Å². The fraction of sp³-hybridized carbons (Fsp3) is 0.357. The van der Waals surface area contributed by atoms with Crippen molar-refractivity contribution in [3.63, 3.8) is 0 Å². The van der Waals surface area contributed by atoms with E-state index in [9.17, 15) is 4.79 Å². The van der Waals surface area contributed by atoms with Crippen molar-refractivity contribution < 1.29 is 19.0 Å². The summed E-state index contributed by atoms with van der Waals surface area (Å²) in [6.07, 6.45) is 5.48. The Morgan fingerprint density at radius 2 is 1.50 bits per heavy atom. The summed E-state index contributed by atoms with van der Waals surface area (Å²) in [4.78, 5) is 12.3. The molecule has 1 rings (SSSR count). The third-order valence-corrected chi connectivity index (χ3v) is 4.64. The van der Waals surface area contributed by atoms with Crippen LogP contribution in [0, 0.1) is 0 Å². The van der Waals surface area contributed by atoms with Crippen LogP contribution in [0.2, 0.25) is 0 Å². The number of thioether (sulfide) groups is 2. The number of allylic oxidation sites excluding steroid dienone is 1. The van der Waals surface area contributed by atoms with Gasteiger partial charge in [-0.2, -0.15) is 0 Å². The predicted octanol–water partition coefficient (Wildman–Crippen LogP) is 3.46. The lowest BCUT2D eigenvalue weighted by Gasteiger charge is -2.13. The number of ether oxygens (including phenoxy) is 3. The Hall–Kier alpha value is -1.27. The molecule has 1 aromatic carbocycles. The quantitative estimate of drug-likeness (QED) is 0.567. The zero-order valence-electron chi connectivity index (χ0n) is 12.2. The zero-order chi connectivity index (χ0) is 15.1. The van der Waals surface area contributed by atoms with Crippen molar-refractivity contribution in [3.05, 3.63) is 28.0 Å². The van der Waals surface area contributed by atoms with Gasteiger partial charge in [-0.1, -0.05) is 0 Å². The molecule has 0 saturated heterocycles. The van der Waals surface area contributed by atoms with Crippen LogP contribution in [0.25, 0.3) is 0 Å². The Kier molecular flexibility index (Phi) is 6.81. The summed E-state index contributed by atoms with van der Waals surface area (Å²) in [6.45, 7) is 0. The van der Waals surface area contributed by atoms with Crippen molar-refractivity contribution >= 4 is 29.3 Å². The molecule has 4 nitrogen and oxygen atoms in total. The van der Waals surface area contributed by atoms with E-state index in [0.717, 1.165) is 4.24 Å². The molecule has 0 spiro atoms. The number of carbonyl (C=O) groups excluding carboxylic acids is 1. The topological polar surface area (TPSA) is 44.8 Å². The lowest BCUT2D eigenvalue weighted by atomic mass is 10.1. The summed E-state index contributed by atoms with van der Waals surface area (Å²) in [5.41, 5.74) is 0.500. The highest BCUT2D eigenvalue weighted by Crippen LogP contribution is 2.38. The second-order valence-electron chi connectivity index (χ2n) is 3.65. The van der Waals surface area contributed by atoms with Gasteiger partial charge in [-0.15, -0.1) is 23.5 Å². The van der Waals surface area contributed by atoms with Gasteiger partial charge in [0.1, 0.15) is 0 Å². The van der Waals surface area contributed by atoms with E-state index in [4.69, 9.17) is 14.2 Å². The Labute approximate surface area is 127 Å². The van der Waals surface area contributed by atoms with Gasteiger partial charge in [0.15, 0.2) is 17.3 Å². The molecule has 0 aliphatic heterocycles. The smallest absolute Gasteiger partial charge is 0.203 e. The average Bonchev–Trinajstić information content (AvgIpc) is 2.50. The first-order valence-electron chi connectivity index (χ1n) is 5.75. The Balaban J connectivity index is 3.26. The molecule has 0 aliphatic carbocycles. The molecule has 0 N–H and O–H groups in total. The molecule has 0 bridgehead atoms. The van der Waals surface area contributed by atoms with Crippen LogP contribution in [-0.4, -0.2) is 39.6 Å². The Morgan fingerprint density at radius 3 is 1.85 bits per heavy atom. The number of rotatable bonds is 7. The average molecular weight is 314 g/mol. The molecule has 0 radical (unpaired) electrons. The van der Waals surface area contributed by atoms with Crippen LogP contribution in [0.5, 0.6) is 17.2 Å². The summed E-state index contributed by atoms with van der Waals surface area (Å²) in [5.74, 6) is 1.32. The van der Waals surface area contributed by atoms with Gasteiger partial charge >= 0.3 is 0 Å². The fourth-order valence-corrected chi connectivity index (χ4v) is 2.73. The zero-order valence-corrected chi connectivity index (χ0v) is 13.8. The molecule has 110 valence electrons. The largest absolute Gasteiger partial charge is 0.493 e. The summed E-state index contributed by atoms with van der Waals surface area (Å²) in [6, 6.07) is 3.30. The van der Waals surface area contributed by atoms with Gasteiger partial charge in [0.25, 0.3) is 0 Å². The summed E-state index contributed by atoms with van der Waals surface area (Å²) < 4.78 is 16.7. The van der Waals surface area contributed by atoms with Gasteiger partial charge in [-0.3, -0.25) is 4.79 Å². The van der Waals surface area contributed by atoms with E-state index in [-0.39, 0.29) is 5.78 Å². The van der Waals surface area contributed by atoms with Crippen molar-refractivity contribution in [1.29, 1.82) is 0 Å². The van der Waals surface area contributed by atoms with Crippen molar-refractivity contribution in [2.45, 2.75) is 0 Å². The van der Waals surface area contributed by atoms with Crippen LogP contribution in [0.15, 0.2) is 22.4 Å². The lowest BCUT2D eigenvalue weighted by Crippen LogP contribution is -2.01. The highest BCUT2D eigenvalue weighted by Gasteiger charge is 2.16. The molecule has 0 aromatic heterocycles. The van der Waals surface area contributed by atoms with E-state index in [1.165, 1.54) is 44.9 Å². The third kappa shape index (κ3) is 3.86. The van der Waals surface area contributed by atoms with Crippen molar-refractivity contribution in [2.24, 2.45) is 0 Å². The molecular weight excluding hydrogens is 296 g/mol. The molecule has 0 amide bonds. The van der Waals surface area contributed by atoms with Gasteiger partial charge in [0, 0.05) is 15.9 Å². The van der Waals surface area contributed by atoms with Crippen molar-refractivity contribution in [1.82, 2.24) is 0 Å². The van der Waals surface area contributed by atoms with Gasteiger partial charge in [0.2, 0.25) is 5.75 Å². The van der Waals surface area contributed by atoms with E-state index in [0.29, 0.717) is 22.8 Å². The van der Waals surface area contributed by atoms with Crippen molar-refractivity contribution in [2.75, 3.05) is 33.8 Å². The number of hydrogen-bond acceptors (Lipinski definition) is 6. The predicted molar refractivity (Wildman–Crippen MR) is 85.5 cm³/mol. The molecule has 0 fully saturated rings. The standard InChI is InChI=1S/C14H18O4S2/c1-16-11-6-9(7-12(17-2)14(11)18-3)10(15)8-13(19-4)20-5/h6-8H,1-5H3. The van der Waals surface area contributed by atoms with Crippen molar-refractivity contribution in [3.8, 4) is 17.2 Å². The first kappa shape index (κ1) is 16.8. The van der Waals surface area contributed by atoms with Crippen LogP contribution in [0.4, 0.5) is 0 Å². The SMILES string of the molecule is COc1cc(C(=O)C=C(SC)SC)cc(OC)c1OC. The molecule has 0 atom stereocenters. The highest BCUT2D eigenvalue weighted by atomic mass is 32.2. The second-order valence-corrected chi connectivity index (χ2v) is 5.60. The molecule has 0 saturated carbocycles. The van der Waals surface area contributed by atoms with E-state index in [1.54, 1.807) is 18.2 Å². The van der Waals surface area contributed by atoms with Gasteiger partial charge in [-0.25, -0.2) is 0 Å². The minimum atomic E-state index is -0.0945. The molecule has 20 heavy (non-hydrogen) atoms. The number of ketones is 1. The minimum absolute atomic E-state index is 0.0945. The lowest BCUT2D eigenvalue weighted by molar-refractivity contribution is 0.104. The van der Waals surface area contributed by atoms with E-state index in [1.807, 2.05) is 12.5 Å². The fourth-order valence-electron chi connectivity index (χ4n) is 1.61. The first-order valence-corrected chi connectivity index (χ1v) is 8.20. The maximum absolute atomic E-state index is 12.3. The molecule has 6 heteroatoms. The van der Waals surface area contributed by atoms with Crippen LogP contribution in [0.3, 0.4) is 0 Å². The van der Waals surface area contributed by atoms with Crippen LogP contribution in [0.1, 0.15) is 10.4 Å². The summed E-state index contributed by atoms with van der Waals surface area (Å²) in [7, 11) is 4.58. The summed E-state index contributed by atoms with van der Waals surface area (Å²) >= 11 is 3.07. The van der Waals surface area contributed by atoms with Gasteiger partial charge < -0.3 is 14.2 Å². The Bertz CT molecular complexity index is 481. The highest BCUT2D eigenvalue weighted by molar-refractivity contribution is 8.21. The van der Waals surface area contributed by atoms with E-state index < -0.39 is 0 Å². The monoisotopic (exact) mass is 314 g/mol. The molecular formula is C14H18O4S2. The molecule has 0 aliphatic rings. The maximum atomic E-state index is 12.3. The van der Waals surface area contributed by atoms with Crippen LogP contribution in [-0.2, 0) is 0 Å². The molecule has 0 heterocycles. The first-order chi connectivity index (χ1) is 9.60. The number of methoxy groups -OCH3 is 3. The number of carbonyl (C=O) groups is 1. The summed E-state index contributed by atoms with van der Waals surface area (Å²) in [5, 5.41) is 0. The molecule has 0 unspecified atom stereocenters. The number of hydrogen-bond donors (Lipinski definition) is 0. The third-order valence-electron chi connectivity index (χ3n) is 2.60. The second kappa shape index (κ2) is 8.11. The van der Waals surface area contributed by atoms with E-state index in [2.05, 4.69) is 0 Å². The van der Waals surface area contributed by atoms with Gasteiger partial charge in [-0.05, 0) is 24.6 Å². The minimum Gasteiger partial charge on any atom is -0.493 e. The Morgan fingerprint density at radius 1 is 1.00 bits per heavy atom. The maximum Gasteiger partial charge on any atom is 0.203 e. The normalized spacial score (nSPS) is 9.85. The molecule has 1 aromatic rings. The van der Waals surface area contributed by atoms with Gasteiger partial charge in [0.05, 0.1) is 21.3 Å². The number of benzene rings is 1. The van der Waals surface area contributed by atoms with E-state index >= 15 is 0 Å². The van der Waals surface area contributed by atoms with Crippen LogP contribution >= 0.6 is 23.5 Å².